The molecular weight excluding hydrogens is 406 g/mol. The lowest BCUT2D eigenvalue weighted by atomic mass is 10.0. The zero-order valence-corrected chi connectivity index (χ0v) is 18.4. The second kappa shape index (κ2) is 8.96. The average Bonchev–Trinajstić information content (AvgIpc) is 3.24. The van der Waals surface area contributed by atoms with E-state index in [-0.39, 0.29) is 17.2 Å². The normalized spacial score (nSPS) is 13.9. The molecule has 0 atom stereocenters. The molecule has 0 bridgehead atoms. The average molecular weight is 433 g/mol. The first kappa shape index (κ1) is 21.8. The van der Waals surface area contributed by atoms with Crippen molar-refractivity contribution < 1.29 is 8.78 Å². The number of nitrogens with zero attached hydrogens (tertiary/aromatic N) is 4. The maximum atomic E-state index is 15.1. The Balaban J connectivity index is 1.84. The Morgan fingerprint density at radius 2 is 1.78 bits per heavy atom. The van der Waals surface area contributed by atoms with Crippen LogP contribution in [-0.2, 0) is 0 Å². The van der Waals surface area contributed by atoms with Crippen molar-refractivity contribution >= 4 is 5.70 Å². The van der Waals surface area contributed by atoms with Gasteiger partial charge in [0.25, 0.3) is 0 Å². The molecular formula is C26H26F2N4. The van der Waals surface area contributed by atoms with Gasteiger partial charge in [0, 0.05) is 18.7 Å². The zero-order chi connectivity index (χ0) is 22.8. The maximum Gasteiger partial charge on any atom is 0.149 e. The van der Waals surface area contributed by atoms with Crippen molar-refractivity contribution in [3.8, 4) is 23.0 Å². The van der Waals surface area contributed by atoms with Crippen molar-refractivity contribution in [2.45, 2.75) is 39.0 Å². The van der Waals surface area contributed by atoms with Crippen molar-refractivity contribution in [2.75, 3.05) is 13.1 Å². The summed E-state index contributed by atoms with van der Waals surface area (Å²) in [6.07, 6.45) is 3.39. The number of hydrogen-bond donors (Lipinski definition) is 0. The number of rotatable bonds is 5. The van der Waals surface area contributed by atoms with Crippen molar-refractivity contribution in [3.63, 3.8) is 0 Å². The minimum absolute atomic E-state index is 0.0368. The van der Waals surface area contributed by atoms with Crippen molar-refractivity contribution in [1.29, 1.82) is 5.26 Å². The summed E-state index contributed by atoms with van der Waals surface area (Å²) in [5.74, 6) is -0.827. The first-order valence-corrected chi connectivity index (χ1v) is 10.9. The van der Waals surface area contributed by atoms with Gasteiger partial charge in [0.1, 0.15) is 29.1 Å². The van der Waals surface area contributed by atoms with Gasteiger partial charge in [0.05, 0.1) is 17.0 Å². The fourth-order valence-corrected chi connectivity index (χ4v) is 4.06. The van der Waals surface area contributed by atoms with Gasteiger partial charge in [0.15, 0.2) is 0 Å². The van der Waals surface area contributed by atoms with Gasteiger partial charge in [-0.2, -0.15) is 10.4 Å². The molecule has 0 unspecified atom stereocenters. The third kappa shape index (κ3) is 4.16. The van der Waals surface area contributed by atoms with Gasteiger partial charge in [-0.25, -0.2) is 13.5 Å². The Hall–Kier alpha value is -3.46. The largest absolute Gasteiger partial charge is 0.370 e. The SMILES string of the molecule is C=C(c1cc(-c2ccc(C#N)c(F)c2)n(-c2ccc(C(C)C)cc2F)n1)N1CCCCC1. The van der Waals surface area contributed by atoms with Gasteiger partial charge in [-0.1, -0.05) is 32.6 Å². The molecule has 4 rings (SSSR count). The van der Waals surface area contributed by atoms with E-state index in [0.29, 0.717) is 17.0 Å². The molecule has 1 aromatic heterocycles. The van der Waals surface area contributed by atoms with Gasteiger partial charge < -0.3 is 4.90 Å². The number of aromatic nitrogens is 2. The van der Waals surface area contributed by atoms with Crippen molar-refractivity contribution in [2.24, 2.45) is 0 Å². The van der Waals surface area contributed by atoms with Crippen LogP contribution < -0.4 is 0 Å². The summed E-state index contributed by atoms with van der Waals surface area (Å²) in [6.45, 7) is 10.1. The van der Waals surface area contributed by atoms with Crippen molar-refractivity contribution in [3.05, 3.63) is 77.5 Å². The monoisotopic (exact) mass is 432 g/mol. The molecule has 0 N–H and O–H groups in total. The van der Waals surface area contributed by atoms with Crippen LogP contribution in [0.1, 0.15) is 55.8 Å². The van der Waals surface area contributed by atoms with E-state index in [2.05, 4.69) is 16.6 Å². The molecule has 1 aliphatic rings. The summed E-state index contributed by atoms with van der Waals surface area (Å²) in [5, 5.41) is 13.8. The van der Waals surface area contributed by atoms with Crippen LogP contribution in [0.15, 0.2) is 49.0 Å². The molecule has 1 fully saturated rings. The van der Waals surface area contributed by atoms with Gasteiger partial charge in [-0.05, 0) is 61.1 Å². The predicted molar refractivity (Wildman–Crippen MR) is 122 cm³/mol. The summed E-state index contributed by atoms with van der Waals surface area (Å²) < 4.78 is 31.0. The van der Waals surface area contributed by atoms with Crippen LogP contribution in [0.5, 0.6) is 0 Å². The highest BCUT2D eigenvalue weighted by molar-refractivity contribution is 5.70. The van der Waals surface area contributed by atoms with E-state index in [9.17, 15) is 4.39 Å². The van der Waals surface area contributed by atoms with E-state index in [1.54, 1.807) is 12.1 Å². The van der Waals surface area contributed by atoms with Crippen LogP contribution in [0.25, 0.3) is 22.6 Å². The van der Waals surface area contributed by atoms with Crippen LogP contribution in [0, 0.1) is 23.0 Å². The molecule has 0 radical (unpaired) electrons. The minimum atomic E-state index is -0.621. The second-order valence-electron chi connectivity index (χ2n) is 8.49. The van der Waals surface area contributed by atoms with E-state index in [1.807, 2.05) is 32.0 Å². The number of hydrogen-bond acceptors (Lipinski definition) is 3. The van der Waals surface area contributed by atoms with E-state index in [0.717, 1.165) is 37.2 Å². The van der Waals surface area contributed by atoms with E-state index in [1.165, 1.54) is 29.3 Å². The highest BCUT2D eigenvalue weighted by atomic mass is 19.1. The van der Waals surface area contributed by atoms with E-state index >= 15 is 4.39 Å². The lowest BCUT2D eigenvalue weighted by Gasteiger charge is -2.29. The summed E-state index contributed by atoms with van der Waals surface area (Å²) in [6, 6.07) is 13.1. The lowest BCUT2D eigenvalue weighted by molar-refractivity contribution is 0.325. The Morgan fingerprint density at radius 3 is 2.41 bits per heavy atom. The molecule has 0 saturated carbocycles. The topological polar surface area (TPSA) is 44.9 Å². The first-order chi connectivity index (χ1) is 15.4. The summed E-state index contributed by atoms with van der Waals surface area (Å²) in [4.78, 5) is 2.19. The highest BCUT2D eigenvalue weighted by Gasteiger charge is 2.21. The molecule has 2 heterocycles. The number of benzene rings is 2. The fourth-order valence-electron chi connectivity index (χ4n) is 4.06. The van der Waals surface area contributed by atoms with E-state index in [4.69, 9.17) is 5.26 Å². The van der Waals surface area contributed by atoms with Gasteiger partial charge in [-0.3, -0.25) is 0 Å². The summed E-state index contributed by atoms with van der Waals surface area (Å²) in [5.41, 5.74) is 3.59. The Morgan fingerprint density at radius 1 is 1.03 bits per heavy atom. The van der Waals surface area contributed by atoms with Gasteiger partial charge >= 0.3 is 0 Å². The van der Waals surface area contributed by atoms with Crippen LogP contribution in [0.4, 0.5) is 8.78 Å². The van der Waals surface area contributed by atoms with Crippen molar-refractivity contribution in [1.82, 2.24) is 14.7 Å². The fraction of sp³-hybridized carbons (Fsp3) is 0.308. The Bertz CT molecular complexity index is 1200. The smallest absolute Gasteiger partial charge is 0.149 e. The molecule has 6 heteroatoms. The zero-order valence-electron chi connectivity index (χ0n) is 18.4. The Kier molecular flexibility index (Phi) is 6.09. The molecule has 3 aromatic rings. The predicted octanol–water partition coefficient (Wildman–Crippen LogP) is 6.27. The van der Waals surface area contributed by atoms with E-state index < -0.39 is 11.6 Å². The molecule has 2 aromatic carbocycles. The van der Waals surface area contributed by atoms with Gasteiger partial charge in [0.2, 0.25) is 0 Å². The minimum Gasteiger partial charge on any atom is -0.370 e. The molecule has 0 amide bonds. The summed E-state index contributed by atoms with van der Waals surface area (Å²) in [7, 11) is 0. The van der Waals surface area contributed by atoms with Crippen LogP contribution in [0.2, 0.25) is 0 Å². The van der Waals surface area contributed by atoms with Crippen LogP contribution in [-0.4, -0.2) is 27.8 Å². The number of piperidine rings is 1. The first-order valence-electron chi connectivity index (χ1n) is 10.9. The molecule has 0 spiro atoms. The Labute approximate surface area is 187 Å². The number of halogens is 2. The molecule has 1 aliphatic heterocycles. The number of likely N-dealkylation sites (tertiary alicyclic amines) is 1. The van der Waals surface area contributed by atoms with Crippen LogP contribution >= 0.6 is 0 Å². The quantitative estimate of drug-likeness (QED) is 0.477. The standard InChI is InChI=1S/C26H26F2N4/c1-17(2)19-9-10-25(23(28)13-19)32-26(20-7-8-21(16-29)22(27)14-20)15-24(30-32)18(3)31-11-5-4-6-12-31/h7-10,13-15,17H,3-6,11-12H2,1-2H3. The lowest BCUT2D eigenvalue weighted by Crippen LogP contribution is -2.28. The number of nitriles is 1. The highest BCUT2D eigenvalue weighted by Crippen LogP contribution is 2.31. The molecule has 32 heavy (non-hydrogen) atoms. The molecule has 1 saturated heterocycles. The third-order valence-corrected chi connectivity index (χ3v) is 5.99. The summed E-state index contributed by atoms with van der Waals surface area (Å²) >= 11 is 0. The molecule has 4 nitrogen and oxygen atoms in total. The second-order valence-corrected chi connectivity index (χ2v) is 8.49. The van der Waals surface area contributed by atoms with Crippen LogP contribution in [0.3, 0.4) is 0 Å². The van der Waals surface area contributed by atoms with Gasteiger partial charge in [-0.15, -0.1) is 0 Å². The molecule has 164 valence electrons. The maximum absolute atomic E-state index is 15.1. The molecule has 0 aliphatic carbocycles. The third-order valence-electron chi connectivity index (χ3n) is 5.99.